The number of carboxylic acids is 1. The van der Waals surface area contributed by atoms with Crippen LogP contribution >= 0.6 is 0 Å². The molecule has 0 fully saturated rings. The normalized spacial score (nSPS) is 11.6. The maximum absolute atomic E-state index is 12.2. The monoisotopic (exact) mass is 431 g/mol. The van der Waals surface area contributed by atoms with Gasteiger partial charge in [0.1, 0.15) is 23.8 Å². The van der Waals surface area contributed by atoms with Gasteiger partial charge in [-0.2, -0.15) is 5.10 Å². The van der Waals surface area contributed by atoms with E-state index in [2.05, 4.69) is 14.9 Å². The molecule has 0 spiro atoms. The van der Waals surface area contributed by atoms with Gasteiger partial charge in [0.15, 0.2) is 0 Å². The lowest BCUT2D eigenvalue weighted by Crippen LogP contribution is -2.17. The molecule has 0 aliphatic carbocycles. The average molecular weight is 431 g/mol. The number of aromatic amines is 1. The molecule has 0 aliphatic rings. The molecule has 0 unspecified atom stereocenters. The van der Waals surface area contributed by atoms with Crippen molar-refractivity contribution in [2.45, 2.75) is 12.9 Å². The summed E-state index contributed by atoms with van der Waals surface area (Å²) in [6.07, 6.45) is -1.34. The number of nitrogens with zero attached hydrogens (tertiary/aromatic N) is 2. The number of ether oxygens (including phenoxy) is 2. The summed E-state index contributed by atoms with van der Waals surface area (Å²) in [4.78, 5) is 11.7. The molecule has 2 heterocycles. The molecular weight excluding hydrogens is 415 g/mol. The van der Waals surface area contributed by atoms with Gasteiger partial charge in [0, 0.05) is 22.7 Å². The molecule has 0 bridgehead atoms. The summed E-state index contributed by atoms with van der Waals surface area (Å²) in [6.45, 7) is 0.351. The molecule has 2 aromatic heterocycles. The van der Waals surface area contributed by atoms with Crippen LogP contribution in [0.4, 0.5) is 13.2 Å². The van der Waals surface area contributed by atoms with Crippen LogP contribution < -0.4 is 9.47 Å². The van der Waals surface area contributed by atoms with Crippen LogP contribution in [0.1, 0.15) is 10.5 Å². The van der Waals surface area contributed by atoms with Crippen LogP contribution in [0.2, 0.25) is 0 Å². The van der Waals surface area contributed by atoms with E-state index >= 15 is 0 Å². The Hall–Kier alpha value is -3.95. The largest absolute Gasteiger partial charge is 0.573 e. The SMILES string of the molecule is O=C(O)c1cc2cc(-c3cn[nH]c3)ccc2n1CCOc1ccc(OC(F)(F)F)cc1. The summed E-state index contributed by atoms with van der Waals surface area (Å²) < 4.78 is 47.7. The summed E-state index contributed by atoms with van der Waals surface area (Å²) in [7, 11) is 0. The number of hydrogen-bond donors (Lipinski definition) is 2. The average Bonchev–Trinajstić information content (AvgIpc) is 3.36. The second kappa shape index (κ2) is 8.05. The number of hydrogen-bond acceptors (Lipinski definition) is 4. The molecule has 0 atom stereocenters. The molecule has 0 aliphatic heterocycles. The van der Waals surface area contributed by atoms with Gasteiger partial charge < -0.3 is 19.1 Å². The lowest BCUT2D eigenvalue weighted by atomic mass is 10.1. The second-order valence-electron chi connectivity index (χ2n) is 6.61. The number of aromatic carboxylic acids is 1. The third-order valence-electron chi connectivity index (χ3n) is 4.59. The predicted octanol–water partition coefficient (Wildman–Crippen LogP) is 4.71. The Kier molecular flexibility index (Phi) is 5.28. The van der Waals surface area contributed by atoms with Gasteiger partial charge in [-0.05, 0) is 48.0 Å². The van der Waals surface area contributed by atoms with Crippen molar-refractivity contribution in [3.05, 3.63) is 66.6 Å². The minimum absolute atomic E-state index is 0.108. The fourth-order valence-electron chi connectivity index (χ4n) is 3.27. The lowest BCUT2D eigenvalue weighted by Gasteiger charge is -2.12. The van der Waals surface area contributed by atoms with Gasteiger partial charge in [-0.15, -0.1) is 13.2 Å². The number of carbonyl (C=O) groups is 1. The predicted molar refractivity (Wildman–Crippen MR) is 105 cm³/mol. The zero-order valence-corrected chi connectivity index (χ0v) is 15.9. The van der Waals surface area contributed by atoms with Crippen molar-refractivity contribution in [1.29, 1.82) is 0 Å². The van der Waals surface area contributed by atoms with Crippen molar-refractivity contribution >= 4 is 16.9 Å². The zero-order chi connectivity index (χ0) is 22.0. The minimum atomic E-state index is -4.76. The molecule has 0 radical (unpaired) electrons. The van der Waals surface area contributed by atoms with E-state index in [4.69, 9.17) is 4.74 Å². The molecule has 0 amide bonds. The Morgan fingerprint density at radius 2 is 1.81 bits per heavy atom. The highest BCUT2D eigenvalue weighted by atomic mass is 19.4. The molecular formula is C21H16F3N3O4. The first-order chi connectivity index (χ1) is 14.8. The van der Waals surface area contributed by atoms with Gasteiger partial charge in [0.05, 0.1) is 12.7 Å². The maximum atomic E-state index is 12.2. The first kappa shape index (κ1) is 20.3. The van der Waals surface area contributed by atoms with Crippen LogP contribution in [0.3, 0.4) is 0 Å². The lowest BCUT2D eigenvalue weighted by molar-refractivity contribution is -0.274. The smallest absolute Gasteiger partial charge is 0.492 e. The quantitative estimate of drug-likeness (QED) is 0.443. The summed E-state index contributed by atoms with van der Waals surface area (Å²) in [5.74, 6) is -1.09. The third-order valence-corrected chi connectivity index (χ3v) is 4.59. The van der Waals surface area contributed by atoms with Crippen LogP contribution in [0.15, 0.2) is 60.9 Å². The van der Waals surface area contributed by atoms with E-state index in [0.717, 1.165) is 34.2 Å². The molecule has 2 N–H and O–H groups in total. The standard InChI is InChI=1S/C21H16F3N3O4/c22-21(23,24)31-17-4-2-16(3-5-17)30-8-7-27-18-6-1-13(15-11-25-26-12-15)9-14(18)10-19(27)20(28)29/h1-6,9-12H,7-8H2,(H,25,26)(H,28,29). The molecule has 7 nitrogen and oxygen atoms in total. The fourth-order valence-corrected chi connectivity index (χ4v) is 3.27. The van der Waals surface area contributed by atoms with Gasteiger partial charge in [0.2, 0.25) is 0 Å². The third kappa shape index (κ3) is 4.63. The number of alkyl halides is 3. The van der Waals surface area contributed by atoms with Gasteiger partial charge in [0.25, 0.3) is 0 Å². The van der Waals surface area contributed by atoms with Crippen molar-refractivity contribution in [2.75, 3.05) is 6.61 Å². The maximum Gasteiger partial charge on any atom is 0.573 e. The van der Waals surface area contributed by atoms with Crippen molar-refractivity contribution < 1.29 is 32.5 Å². The first-order valence-electron chi connectivity index (χ1n) is 9.14. The van der Waals surface area contributed by atoms with Crippen molar-refractivity contribution in [2.24, 2.45) is 0 Å². The van der Waals surface area contributed by atoms with Gasteiger partial charge >= 0.3 is 12.3 Å². The van der Waals surface area contributed by atoms with Crippen LogP contribution in [-0.2, 0) is 6.54 Å². The summed E-state index contributed by atoms with van der Waals surface area (Å²) in [5.41, 5.74) is 2.61. The van der Waals surface area contributed by atoms with Crippen LogP contribution in [0.5, 0.6) is 11.5 Å². The van der Waals surface area contributed by atoms with Crippen molar-refractivity contribution in [3.63, 3.8) is 0 Å². The molecule has 0 saturated heterocycles. The Morgan fingerprint density at radius 1 is 1.06 bits per heavy atom. The number of H-pyrrole nitrogens is 1. The van der Waals surface area contributed by atoms with E-state index in [1.54, 1.807) is 23.0 Å². The topological polar surface area (TPSA) is 89.4 Å². The Balaban J connectivity index is 1.50. The number of rotatable bonds is 7. The molecule has 31 heavy (non-hydrogen) atoms. The molecule has 0 saturated carbocycles. The van der Waals surface area contributed by atoms with E-state index in [1.165, 1.54) is 12.1 Å². The van der Waals surface area contributed by atoms with Crippen molar-refractivity contribution in [3.8, 4) is 22.6 Å². The zero-order valence-electron chi connectivity index (χ0n) is 15.9. The molecule has 10 heteroatoms. The second-order valence-corrected chi connectivity index (χ2v) is 6.61. The molecule has 2 aromatic carbocycles. The Labute approximate surface area is 173 Å². The van der Waals surface area contributed by atoms with Gasteiger partial charge in [-0.3, -0.25) is 5.10 Å². The highest BCUT2D eigenvalue weighted by molar-refractivity contribution is 5.96. The number of carboxylic acid groups (broad SMARTS) is 1. The fraction of sp³-hybridized carbons (Fsp3) is 0.143. The Morgan fingerprint density at radius 3 is 2.45 bits per heavy atom. The number of nitrogens with one attached hydrogen (secondary N) is 1. The summed E-state index contributed by atoms with van der Waals surface area (Å²) >= 11 is 0. The number of aromatic nitrogens is 3. The summed E-state index contributed by atoms with van der Waals surface area (Å²) in [5, 5.41) is 17.0. The van der Waals surface area contributed by atoms with E-state index in [9.17, 15) is 23.1 Å². The Bertz CT molecular complexity index is 1200. The van der Waals surface area contributed by atoms with Crippen LogP contribution in [0.25, 0.3) is 22.0 Å². The number of halogens is 3. The van der Waals surface area contributed by atoms with Crippen LogP contribution in [0, 0.1) is 0 Å². The molecule has 4 rings (SSSR count). The van der Waals surface area contributed by atoms with E-state index in [1.807, 2.05) is 18.2 Å². The van der Waals surface area contributed by atoms with E-state index in [0.29, 0.717) is 5.75 Å². The van der Waals surface area contributed by atoms with Gasteiger partial charge in [-0.25, -0.2) is 4.79 Å². The van der Waals surface area contributed by atoms with Crippen molar-refractivity contribution in [1.82, 2.24) is 14.8 Å². The van der Waals surface area contributed by atoms with E-state index < -0.39 is 12.3 Å². The van der Waals surface area contributed by atoms with E-state index in [-0.39, 0.29) is 24.6 Å². The minimum Gasteiger partial charge on any atom is -0.492 e. The van der Waals surface area contributed by atoms with Crippen LogP contribution in [-0.4, -0.2) is 38.8 Å². The molecule has 4 aromatic rings. The highest BCUT2D eigenvalue weighted by Gasteiger charge is 2.31. The van der Waals surface area contributed by atoms with Gasteiger partial charge in [-0.1, -0.05) is 6.07 Å². The summed E-state index contributed by atoms with van der Waals surface area (Å²) in [6, 6.07) is 12.2. The first-order valence-corrected chi connectivity index (χ1v) is 9.14. The number of benzene rings is 2. The molecule has 160 valence electrons. The highest BCUT2D eigenvalue weighted by Crippen LogP contribution is 2.27. The number of fused-ring (bicyclic) bond motifs is 1.